The monoisotopic (exact) mass is 440 g/mol. The van der Waals surface area contributed by atoms with Crippen molar-refractivity contribution in [2.45, 2.75) is 19.5 Å². The predicted octanol–water partition coefficient (Wildman–Crippen LogP) is 5.67. The molecule has 1 N–H and O–H groups in total. The van der Waals surface area contributed by atoms with E-state index in [1.807, 2.05) is 0 Å². The van der Waals surface area contributed by atoms with Gasteiger partial charge in [-0.2, -0.15) is 13.2 Å². The molecule has 0 amide bonds. The lowest BCUT2D eigenvalue weighted by molar-refractivity contribution is -0.145. The number of ketones is 1. The maximum absolute atomic E-state index is 12.9. The minimum atomic E-state index is -4.67. The van der Waals surface area contributed by atoms with Crippen LogP contribution < -0.4 is 5.32 Å². The van der Waals surface area contributed by atoms with Gasteiger partial charge < -0.3 is 5.32 Å². The van der Waals surface area contributed by atoms with Gasteiger partial charge in [-0.15, -0.1) is 0 Å². The summed E-state index contributed by atoms with van der Waals surface area (Å²) >= 11 is 12.1. The summed E-state index contributed by atoms with van der Waals surface area (Å²) in [6.45, 7) is 1.43. The molecule has 0 bridgehead atoms. The van der Waals surface area contributed by atoms with E-state index < -0.39 is 12.0 Å². The molecule has 0 unspecified atom stereocenters. The summed E-state index contributed by atoms with van der Waals surface area (Å²) in [5, 5.41) is 3.19. The number of benzene rings is 1. The number of anilines is 2. The fourth-order valence-corrected chi connectivity index (χ4v) is 3.19. The average Bonchev–Trinajstić information content (AvgIpc) is 2.60. The molecule has 3 rings (SSSR count). The smallest absolute Gasteiger partial charge is 0.325 e. The zero-order valence-electron chi connectivity index (χ0n) is 14.9. The van der Waals surface area contributed by atoms with Gasteiger partial charge in [-0.25, -0.2) is 15.0 Å². The fraction of sp³-hybridized carbons (Fsp3) is 0.158. The Labute approximate surface area is 173 Å². The fourth-order valence-electron chi connectivity index (χ4n) is 2.58. The largest absolute Gasteiger partial charge is 0.451 e. The second-order valence-corrected chi connectivity index (χ2v) is 6.90. The zero-order valence-corrected chi connectivity index (χ0v) is 16.4. The number of carbonyl (C=O) groups is 1. The van der Waals surface area contributed by atoms with E-state index in [1.54, 1.807) is 24.3 Å². The Morgan fingerprint density at radius 3 is 2.41 bits per heavy atom. The van der Waals surface area contributed by atoms with Crippen LogP contribution in [0, 0.1) is 6.92 Å². The first-order chi connectivity index (χ1) is 13.6. The minimum absolute atomic E-state index is 0.0166. The Bertz CT molecular complexity index is 1050. The van der Waals surface area contributed by atoms with E-state index in [9.17, 15) is 18.0 Å². The van der Waals surface area contributed by atoms with E-state index in [2.05, 4.69) is 20.3 Å². The van der Waals surface area contributed by atoms with Crippen molar-refractivity contribution in [1.82, 2.24) is 15.0 Å². The molecule has 1 aromatic carbocycles. The van der Waals surface area contributed by atoms with E-state index >= 15 is 0 Å². The van der Waals surface area contributed by atoms with Gasteiger partial charge in [0.05, 0.1) is 15.6 Å². The first kappa shape index (κ1) is 21.0. The van der Waals surface area contributed by atoms with Crippen molar-refractivity contribution < 1.29 is 18.0 Å². The molecular formula is C19H13Cl2F3N4O. The lowest BCUT2D eigenvalue weighted by Gasteiger charge is -2.11. The number of aryl methyl sites for hydroxylation is 1. The van der Waals surface area contributed by atoms with Crippen molar-refractivity contribution in [3.05, 3.63) is 75.3 Å². The highest BCUT2D eigenvalue weighted by Crippen LogP contribution is 2.28. The number of carbonyl (C=O) groups excluding carboxylic acids is 1. The molecule has 2 heterocycles. The zero-order chi connectivity index (χ0) is 21.2. The summed E-state index contributed by atoms with van der Waals surface area (Å²) < 4.78 is 38.7. The molecule has 3 aromatic rings. The molecule has 0 fully saturated rings. The van der Waals surface area contributed by atoms with Crippen molar-refractivity contribution in [2.24, 2.45) is 0 Å². The van der Waals surface area contributed by atoms with Gasteiger partial charge in [0.15, 0.2) is 5.78 Å². The highest BCUT2D eigenvalue weighted by molar-refractivity contribution is 6.39. The first-order valence-electron chi connectivity index (χ1n) is 8.25. The summed E-state index contributed by atoms with van der Waals surface area (Å²) in [6.07, 6.45) is -3.26. The number of aromatic nitrogens is 3. The first-order valence-corrected chi connectivity index (χ1v) is 9.01. The molecule has 0 aliphatic rings. The highest BCUT2D eigenvalue weighted by atomic mass is 35.5. The van der Waals surface area contributed by atoms with Crippen molar-refractivity contribution in [3.8, 4) is 0 Å². The van der Waals surface area contributed by atoms with Crippen molar-refractivity contribution in [1.29, 1.82) is 0 Å². The molecule has 10 heteroatoms. The Kier molecular flexibility index (Phi) is 6.04. The van der Waals surface area contributed by atoms with Crippen LogP contribution in [0.2, 0.25) is 10.0 Å². The van der Waals surface area contributed by atoms with E-state index in [0.717, 1.165) is 0 Å². The quantitative estimate of drug-likeness (QED) is 0.517. The Morgan fingerprint density at radius 2 is 1.76 bits per heavy atom. The molecular weight excluding hydrogens is 428 g/mol. The standard InChI is InChI=1S/C19H13Cl2F3N4O/c1-10-7-16(28-18(26-10)19(22,23)24)27-15-9-11(5-6-25-15)8-14(29)17-12(20)3-2-4-13(17)21/h2-7,9H,8H2,1H3,(H,25,26,27,28). The third-order valence-corrected chi connectivity index (χ3v) is 4.42. The lowest BCUT2D eigenvalue weighted by Crippen LogP contribution is -2.13. The van der Waals surface area contributed by atoms with Crippen LogP contribution in [0.3, 0.4) is 0 Å². The maximum atomic E-state index is 12.9. The molecule has 0 spiro atoms. The number of nitrogens with one attached hydrogen (secondary N) is 1. The van der Waals surface area contributed by atoms with Gasteiger partial charge in [-0.05, 0) is 36.8 Å². The van der Waals surface area contributed by atoms with E-state index in [0.29, 0.717) is 5.56 Å². The second kappa shape index (κ2) is 8.34. The Hall–Kier alpha value is -2.71. The van der Waals surface area contributed by atoms with Crippen LogP contribution in [-0.4, -0.2) is 20.7 Å². The van der Waals surface area contributed by atoms with Crippen LogP contribution in [0.25, 0.3) is 0 Å². The Morgan fingerprint density at radius 1 is 1.07 bits per heavy atom. The van der Waals surface area contributed by atoms with Gasteiger partial charge in [0.2, 0.25) is 5.82 Å². The third-order valence-electron chi connectivity index (χ3n) is 3.79. The number of hydrogen-bond donors (Lipinski definition) is 1. The summed E-state index contributed by atoms with van der Waals surface area (Å²) in [7, 11) is 0. The van der Waals surface area contributed by atoms with Crippen molar-refractivity contribution in [3.63, 3.8) is 0 Å². The molecule has 29 heavy (non-hydrogen) atoms. The number of rotatable bonds is 5. The topological polar surface area (TPSA) is 67.8 Å². The van der Waals surface area contributed by atoms with Gasteiger partial charge in [0, 0.05) is 24.4 Å². The number of nitrogens with zero attached hydrogens (tertiary/aromatic N) is 3. The van der Waals surface area contributed by atoms with Gasteiger partial charge in [0.1, 0.15) is 11.6 Å². The molecule has 5 nitrogen and oxygen atoms in total. The van der Waals surface area contributed by atoms with E-state index in [-0.39, 0.29) is 45.1 Å². The molecule has 0 radical (unpaired) electrons. The summed E-state index contributed by atoms with van der Waals surface area (Å²) in [5.74, 6) is -1.38. The van der Waals surface area contributed by atoms with Crippen LogP contribution in [0.5, 0.6) is 0 Å². The van der Waals surface area contributed by atoms with Crippen molar-refractivity contribution in [2.75, 3.05) is 5.32 Å². The van der Waals surface area contributed by atoms with E-state index in [1.165, 1.54) is 25.3 Å². The van der Waals surface area contributed by atoms with Gasteiger partial charge in [-0.3, -0.25) is 4.79 Å². The second-order valence-electron chi connectivity index (χ2n) is 6.09. The number of Topliss-reactive ketones (excluding diaryl/α,β-unsaturated/α-hetero) is 1. The van der Waals surface area contributed by atoms with Crippen molar-refractivity contribution >= 4 is 40.6 Å². The number of hydrogen-bond acceptors (Lipinski definition) is 5. The predicted molar refractivity (Wildman–Crippen MR) is 104 cm³/mol. The van der Waals surface area contributed by atoms with Crippen LogP contribution in [0.1, 0.15) is 27.4 Å². The Balaban J connectivity index is 1.82. The summed E-state index contributed by atoms with van der Waals surface area (Å²) in [6, 6.07) is 9.27. The number of halogens is 5. The molecule has 0 aliphatic carbocycles. The molecule has 150 valence electrons. The highest BCUT2D eigenvalue weighted by Gasteiger charge is 2.35. The van der Waals surface area contributed by atoms with Crippen LogP contribution in [0.15, 0.2) is 42.6 Å². The third kappa shape index (κ3) is 5.21. The molecule has 0 aliphatic heterocycles. The van der Waals surface area contributed by atoms with Crippen LogP contribution >= 0.6 is 23.2 Å². The number of alkyl halides is 3. The minimum Gasteiger partial charge on any atom is -0.325 e. The molecule has 0 saturated heterocycles. The van der Waals surface area contributed by atoms with Gasteiger partial charge in [0.25, 0.3) is 0 Å². The summed E-state index contributed by atoms with van der Waals surface area (Å²) in [4.78, 5) is 23.5. The summed E-state index contributed by atoms with van der Waals surface area (Å²) in [5.41, 5.74) is 0.934. The van der Waals surface area contributed by atoms with Crippen LogP contribution in [0.4, 0.5) is 24.8 Å². The average molecular weight is 441 g/mol. The number of pyridine rings is 1. The molecule has 2 aromatic heterocycles. The van der Waals surface area contributed by atoms with Crippen LogP contribution in [-0.2, 0) is 12.6 Å². The van der Waals surface area contributed by atoms with Gasteiger partial charge in [-0.1, -0.05) is 29.3 Å². The molecule has 0 saturated carbocycles. The maximum Gasteiger partial charge on any atom is 0.451 e. The van der Waals surface area contributed by atoms with Gasteiger partial charge >= 0.3 is 6.18 Å². The normalized spacial score (nSPS) is 11.4. The molecule has 0 atom stereocenters. The lowest BCUT2D eigenvalue weighted by atomic mass is 10.0. The van der Waals surface area contributed by atoms with E-state index in [4.69, 9.17) is 23.2 Å². The SMILES string of the molecule is Cc1cc(Nc2cc(CC(=O)c3c(Cl)cccc3Cl)ccn2)nc(C(F)(F)F)n1.